The van der Waals surface area contributed by atoms with Crippen LogP contribution in [0.15, 0.2) is 48.5 Å². The van der Waals surface area contributed by atoms with Gasteiger partial charge in [0.2, 0.25) is 0 Å². The van der Waals surface area contributed by atoms with E-state index in [-0.39, 0.29) is 17.5 Å². The highest BCUT2D eigenvalue weighted by Gasteiger charge is 2.43. The minimum absolute atomic E-state index is 0.124. The third kappa shape index (κ3) is 5.21. The SMILES string of the molecule is CCCC[C@@H](C(=O)OCC(=O)Nc1ccccc1C(F)(F)F)N1C(=O)c2ccccc2C1=O. The maximum atomic E-state index is 13.1. The largest absolute Gasteiger partial charge is 0.454 e. The number of rotatable bonds is 8. The molecule has 0 aliphatic carbocycles. The molecule has 1 N–H and O–H groups in total. The summed E-state index contributed by atoms with van der Waals surface area (Å²) in [5.74, 6) is -3.26. The molecule has 0 aromatic heterocycles. The van der Waals surface area contributed by atoms with E-state index in [9.17, 15) is 32.3 Å². The molecule has 2 aromatic carbocycles. The Morgan fingerprint density at radius 2 is 1.58 bits per heavy atom. The average Bonchev–Trinajstić information content (AvgIpc) is 3.03. The number of amides is 3. The van der Waals surface area contributed by atoms with Gasteiger partial charge in [0, 0.05) is 0 Å². The van der Waals surface area contributed by atoms with E-state index in [0.717, 1.165) is 17.0 Å². The van der Waals surface area contributed by atoms with Crippen LogP contribution in [0.2, 0.25) is 0 Å². The van der Waals surface area contributed by atoms with Crippen LogP contribution >= 0.6 is 0 Å². The first kappa shape index (κ1) is 24.0. The Morgan fingerprint density at radius 1 is 1.00 bits per heavy atom. The molecule has 0 saturated heterocycles. The van der Waals surface area contributed by atoms with Gasteiger partial charge in [-0.3, -0.25) is 19.3 Å². The first-order chi connectivity index (χ1) is 15.6. The first-order valence-electron chi connectivity index (χ1n) is 10.2. The fourth-order valence-electron chi connectivity index (χ4n) is 3.50. The normalized spacial score (nSPS) is 14.1. The molecule has 3 rings (SSSR count). The molecule has 1 aliphatic rings. The Kier molecular flexibility index (Phi) is 7.15. The summed E-state index contributed by atoms with van der Waals surface area (Å²) in [4.78, 5) is 51.2. The van der Waals surface area contributed by atoms with Gasteiger partial charge in [0.05, 0.1) is 22.4 Å². The summed E-state index contributed by atoms with van der Waals surface area (Å²) in [6.07, 6.45) is -3.39. The average molecular weight is 462 g/mol. The zero-order chi connectivity index (χ0) is 24.2. The summed E-state index contributed by atoms with van der Waals surface area (Å²) in [6, 6.07) is 9.26. The van der Waals surface area contributed by atoms with Gasteiger partial charge >= 0.3 is 12.1 Å². The van der Waals surface area contributed by atoms with Crippen molar-refractivity contribution in [2.75, 3.05) is 11.9 Å². The molecule has 10 heteroatoms. The highest BCUT2D eigenvalue weighted by atomic mass is 19.4. The molecule has 0 fully saturated rings. The Labute approximate surface area is 187 Å². The van der Waals surface area contributed by atoms with Crippen LogP contribution < -0.4 is 5.32 Å². The number of alkyl halides is 3. The number of para-hydroxylation sites is 1. The Bertz CT molecular complexity index is 1050. The molecule has 33 heavy (non-hydrogen) atoms. The number of hydrogen-bond donors (Lipinski definition) is 1. The third-order valence-corrected chi connectivity index (χ3v) is 5.09. The fraction of sp³-hybridized carbons (Fsp3) is 0.304. The lowest BCUT2D eigenvalue weighted by Gasteiger charge is -2.24. The fourth-order valence-corrected chi connectivity index (χ4v) is 3.50. The highest BCUT2D eigenvalue weighted by Crippen LogP contribution is 2.34. The number of hydrogen-bond acceptors (Lipinski definition) is 5. The van der Waals surface area contributed by atoms with Gasteiger partial charge in [-0.25, -0.2) is 4.79 Å². The summed E-state index contributed by atoms with van der Waals surface area (Å²) in [5.41, 5.74) is -1.19. The van der Waals surface area contributed by atoms with Gasteiger partial charge in [-0.05, 0) is 30.7 Å². The van der Waals surface area contributed by atoms with Gasteiger partial charge in [-0.2, -0.15) is 13.2 Å². The number of benzene rings is 2. The lowest BCUT2D eigenvalue weighted by Crippen LogP contribution is -2.46. The zero-order valence-electron chi connectivity index (χ0n) is 17.6. The molecule has 0 saturated carbocycles. The second-order valence-electron chi connectivity index (χ2n) is 7.38. The monoisotopic (exact) mass is 462 g/mol. The van der Waals surface area contributed by atoms with Crippen molar-refractivity contribution in [1.82, 2.24) is 4.90 Å². The number of anilines is 1. The van der Waals surface area contributed by atoms with Crippen LogP contribution in [0.4, 0.5) is 18.9 Å². The van der Waals surface area contributed by atoms with Crippen molar-refractivity contribution in [3.8, 4) is 0 Å². The standard InChI is InChI=1S/C23H21F3N2O5/c1-2-3-12-18(28-20(30)14-8-4-5-9-15(14)21(28)31)22(32)33-13-19(29)27-17-11-7-6-10-16(17)23(24,25)26/h4-11,18H,2-3,12-13H2,1H3,(H,27,29)/t18-/m0/s1. The van der Waals surface area contributed by atoms with E-state index in [1.54, 1.807) is 12.1 Å². The molecular formula is C23H21F3N2O5. The van der Waals surface area contributed by atoms with E-state index in [1.807, 2.05) is 6.92 Å². The lowest BCUT2D eigenvalue weighted by atomic mass is 10.1. The van der Waals surface area contributed by atoms with Crippen LogP contribution in [0, 0.1) is 0 Å². The molecule has 1 atom stereocenters. The van der Waals surface area contributed by atoms with Gasteiger partial charge in [-0.1, -0.05) is 44.0 Å². The summed E-state index contributed by atoms with van der Waals surface area (Å²) in [7, 11) is 0. The van der Waals surface area contributed by atoms with Crippen LogP contribution in [-0.4, -0.2) is 41.2 Å². The van der Waals surface area contributed by atoms with E-state index in [4.69, 9.17) is 4.74 Å². The topological polar surface area (TPSA) is 92.8 Å². The van der Waals surface area contributed by atoms with Crippen molar-refractivity contribution in [3.63, 3.8) is 0 Å². The number of carbonyl (C=O) groups is 4. The molecule has 0 radical (unpaired) electrons. The lowest BCUT2D eigenvalue weighted by molar-refractivity contribution is -0.151. The summed E-state index contributed by atoms with van der Waals surface area (Å²) >= 11 is 0. The minimum Gasteiger partial charge on any atom is -0.454 e. The number of nitrogens with zero attached hydrogens (tertiary/aromatic N) is 1. The molecule has 174 valence electrons. The van der Waals surface area contributed by atoms with Gasteiger partial charge in [0.25, 0.3) is 17.7 Å². The van der Waals surface area contributed by atoms with Crippen molar-refractivity contribution < 1.29 is 37.1 Å². The number of fused-ring (bicyclic) bond motifs is 1. The van der Waals surface area contributed by atoms with Crippen molar-refractivity contribution in [2.24, 2.45) is 0 Å². The van der Waals surface area contributed by atoms with E-state index in [0.29, 0.717) is 12.8 Å². The highest BCUT2D eigenvalue weighted by molar-refractivity contribution is 6.22. The maximum Gasteiger partial charge on any atom is 0.418 e. The molecule has 2 aromatic rings. The van der Waals surface area contributed by atoms with Crippen LogP contribution in [0.5, 0.6) is 0 Å². The molecule has 0 spiro atoms. The van der Waals surface area contributed by atoms with E-state index in [1.165, 1.54) is 24.3 Å². The molecule has 0 unspecified atom stereocenters. The molecule has 1 aliphatic heterocycles. The van der Waals surface area contributed by atoms with E-state index in [2.05, 4.69) is 5.32 Å². The number of halogens is 3. The molecular weight excluding hydrogens is 441 g/mol. The maximum absolute atomic E-state index is 13.1. The number of nitrogens with one attached hydrogen (secondary N) is 1. The number of imide groups is 1. The number of ether oxygens (including phenoxy) is 1. The smallest absolute Gasteiger partial charge is 0.418 e. The summed E-state index contributed by atoms with van der Waals surface area (Å²) in [6.45, 7) is 0.979. The summed E-state index contributed by atoms with van der Waals surface area (Å²) < 4.78 is 44.3. The van der Waals surface area contributed by atoms with Crippen LogP contribution in [0.1, 0.15) is 52.5 Å². The second-order valence-corrected chi connectivity index (χ2v) is 7.38. The van der Waals surface area contributed by atoms with Crippen LogP contribution in [0.3, 0.4) is 0 Å². The molecule has 0 bridgehead atoms. The minimum atomic E-state index is -4.68. The number of esters is 1. The van der Waals surface area contributed by atoms with Crippen LogP contribution in [-0.2, 0) is 20.5 Å². The Hall–Kier alpha value is -3.69. The van der Waals surface area contributed by atoms with Crippen molar-refractivity contribution in [1.29, 1.82) is 0 Å². The third-order valence-electron chi connectivity index (χ3n) is 5.09. The predicted octanol–water partition coefficient (Wildman–Crippen LogP) is 4.04. The molecule has 1 heterocycles. The Balaban J connectivity index is 1.70. The van der Waals surface area contributed by atoms with Gasteiger partial charge in [0.1, 0.15) is 6.04 Å². The number of unbranched alkanes of at least 4 members (excludes halogenated alkanes) is 1. The number of carbonyl (C=O) groups excluding carboxylic acids is 4. The summed E-state index contributed by atoms with van der Waals surface area (Å²) in [5, 5.41) is 2.07. The van der Waals surface area contributed by atoms with Crippen molar-refractivity contribution >= 4 is 29.4 Å². The molecule has 3 amide bonds. The first-order valence-corrected chi connectivity index (χ1v) is 10.2. The van der Waals surface area contributed by atoms with E-state index < -0.39 is 53.8 Å². The van der Waals surface area contributed by atoms with Gasteiger partial charge < -0.3 is 10.1 Å². The van der Waals surface area contributed by atoms with Crippen LogP contribution in [0.25, 0.3) is 0 Å². The van der Waals surface area contributed by atoms with Crippen molar-refractivity contribution in [3.05, 3.63) is 65.2 Å². The second kappa shape index (κ2) is 9.85. The zero-order valence-corrected chi connectivity index (χ0v) is 17.6. The Morgan fingerprint density at radius 3 is 2.15 bits per heavy atom. The van der Waals surface area contributed by atoms with Gasteiger partial charge in [0.15, 0.2) is 6.61 Å². The predicted molar refractivity (Wildman–Crippen MR) is 111 cm³/mol. The quantitative estimate of drug-likeness (QED) is 0.472. The van der Waals surface area contributed by atoms with E-state index >= 15 is 0 Å². The molecule has 7 nitrogen and oxygen atoms in total. The van der Waals surface area contributed by atoms with Crippen molar-refractivity contribution in [2.45, 2.75) is 38.4 Å². The van der Waals surface area contributed by atoms with Gasteiger partial charge in [-0.15, -0.1) is 0 Å².